The molecule has 0 saturated heterocycles. The maximum absolute atomic E-state index is 5.79. The topological polar surface area (TPSA) is 34.1 Å². The van der Waals surface area contributed by atoms with Gasteiger partial charge < -0.3 is 10.1 Å². The van der Waals surface area contributed by atoms with E-state index in [1.165, 1.54) is 0 Å². The van der Waals surface area contributed by atoms with Gasteiger partial charge in [-0.1, -0.05) is 22.9 Å². The summed E-state index contributed by atoms with van der Waals surface area (Å²) in [5.74, 6) is 0.925. The van der Waals surface area contributed by atoms with Gasteiger partial charge in [0.15, 0.2) is 0 Å². The first-order chi connectivity index (χ1) is 10.1. The molecule has 0 aliphatic carbocycles. The molecule has 1 aromatic carbocycles. The quantitative estimate of drug-likeness (QED) is 0.651. The number of nitrogens with one attached hydrogen (secondary N) is 1. The molecule has 0 saturated carbocycles. The van der Waals surface area contributed by atoms with Crippen molar-refractivity contribution in [2.24, 2.45) is 0 Å². The van der Waals surface area contributed by atoms with E-state index < -0.39 is 0 Å². The summed E-state index contributed by atoms with van der Waals surface area (Å²) in [6.45, 7) is 5.55. The molecular formula is C16H18Br2N2O. The van der Waals surface area contributed by atoms with Gasteiger partial charge in [0.25, 0.3) is 0 Å². The second-order valence-electron chi connectivity index (χ2n) is 4.79. The minimum atomic E-state index is 0.696. The zero-order valence-corrected chi connectivity index (χ0v) is 15.3. The first kappa shape index (κ1) is 16.3. The lowest BCUT2D eigenvalue weighted by Gasteiger charge is -2.13. The molecule has 0 aliphatic rings. The minimum Gasteiger partial charge on any atom is -0.493 e. The van der Waals surface area contributed by atoms with Gasteiger partial charge >= 0.3 is 0 Å². The highest BCUT2D eigenvalue weighted by molar-refractivity contribution is 9.10. The van der Waals surface area contributed by atoms with Gasteiger partial charge in [-0.25, -0.2) is 4.98 Å². The summed E-state index contributed by atoms with van der Waals surface area (Å²) in [4.78, 5) is 4.29. The Morgan fingerprint density at radius 2 is 2.05 bits per heavy atom. The van der Waals surface area contributed by atoms with Crippen LogP contribution in [0.4, 0.5) is 5.69 Å². The summed E-state index contributed by atoms with van der Waals surface area (Å²) in [6, 6.07) is 8.15. The zero-order chi connectivity index (χ0) is 15.2. The maximum atomic E-state index is 5.79. The van der Waals surface area contributed by atoms with Crippen LogP contribution in [-0.2, 0) is 6.54 Å². The summed E-state index contributed by atoms with van der Waals surface area (Å²) in [6.07, 6.45) is 2.82. The molecule has 0 fully saturated rings. The number of hydrogen-bond donors (Lipinski definition) is 1. The highest BCUT2D eigenvalue weighted by Crippen LogP contribution is 2.25. The third-order valence-electron chi connectivity index (χ3n) is 2.98. The van der Waals surface area contributed by atoms with Gasteiger partial charge in [0.2, 0.25) is 0 Å². The largest absolute Gasteiger partial charge is 0.493 e. The van der Waals surface area contributed by atoms with Gasteiger partial charge in [0.05, 0.1) is 18.5 Å². The molecule has 1 heterocycles. The number of aromatic nitrogens is 1. The molecule has 0 spiro atoms. The fourth-order valence-corrected chi connectivity index (χ4v) is 2.52. The Labute approximate surface area is 142 Å². The molecule has 2 aromatic rings. The SMILES string of the molecule is CCCOc1ccc(Br)cc1CNc1cnc(Br)c(C)c1. The lowest BCUT2D eigenvalue weighted by Crippen LogP contribution is -2.04. The highest BCUT2D eigenvalue weighted by Gasteiger charge is 2.05. The monoisotopic (exact) mass is 412 g/mol. The van der Waals surface area contributed by atoms with Crippen molar-refractivity contribution in [3.8, 4) is 5.75 Å². The van der Waals surface area contributed by atoms with Crippen LogP contribution >= 0.6 is 31.9 Å². The number of hydrogen-bond acceptors (Lipinski definition) is 3. The van der Waals surface area contributed by atoms with Gasteiger partial charge in [-0.3, -0.25) is 0 Å². The maximum Gasteiger partial charge on any atom is 0.124 e. The van der Waals surface area contributed by atoms with Crippen LogP contribution < -0.4 is 10.1 Å². The van der Waals surface area contributed by atoms with Crippen LogP contribution in [0.5, 0.6) is 5.75 Å². The Bertz CT molecular complexity index is 617. The predicted octanol–water partition coefficient (Wildman–Crippen LogP) is 5.32. The Kier molecular flexibility index (Phi) is 6.06. The zero-order valence-electron chi connectivity index (χ0n) is 12.1. The van der Waals surface area contributed by atoms with Crippen LogP contribution in [0.25, 0.3) is 0 Å². The first-order valence-electron chi connectivity index (χ1n) is 6.87. The van der Waals surface area contributed by atoms with Crippen LogP contribution in [0.2, 0.25) is 0 Å². The summed E-state index contributed by atoms with van der Waals surface area (Å²) in [5.41, 5.74) is 3.23. The van der Waals surface area contributed by atoms with Crippen molar-refractivity contribution in [2.75, 3.05) is 11.9 Å². The predicted molar refractivity (Wildman–Crippen MR) is 93.9 cm³/mol. The molecule has 112 valence electrons. The molecule has 5 heteroatoms. The number of aryl methyl sites for hydroxylation is 1. The van der Waals surface area contributed by atoms with E-state index in [1.54, 1.807) is 0 Å². The molecule has 1 aromatic heterocycles. The van der Waals surface area contributed by atoms with Crippen molar-refractivity contribution in [3.05, 3.63) is 50.7 Å². The third kappa shape index (κ3) is 4.71. The summed E-state index contributed by atoms with van der Waals surface area (Å²) in [5, 5.41) is 3.39. The van der Waals surface area contributed by atoms with Gasteiger partial charge in [-0.05, 0) is 59.1 Å². The van der Waals surface area contributed by atoms with E-state index in [-0.39, 0.29) is 0 Å². The summed E-state index contributed by atoms with van der Waals surface area (Å²) in [7, 11) is 0. The van der Waals surface area contributed by atoms with E-state index in [9.17, 15) is 0 Å². The lowest BCUT2D eigenvalue weighted by atomic mass is 10.2. The van der Waals surface area contributed by atoms with Crippen LogP contribution in [0.1, 0.15) is 24.5 Å². The standard InChI is InChI=1S/C16H18Br2N2O/c1-3-6-21-15-5-4-13(17)8-12(15)9-19-14-7-11(2)16(18)20-10-14/h4-5,7-8,10,19H,3,6,9H2,1-2H3. The number of ether oxygens (including phenoxy) is 1. The number of nitrogens with zero attached hydrogens (tertiary/aromatic N) is 1. The van der Waals surface area contributed by atoms with Crippen molar-refractivity contribution in [1.29, 1.82) is 0 Å². The number of anilines is 1. The molecule has 0 amide bonds. The molecule has 1 N–H and O–H groups in total. The van der Waals surface area contributed by atoms with Crippen LogP contribution in [0.3, 0.4) is 0 Å². The number of rotatable bonds is 6. The molecule has 3 nitrogen and oxygen atoms in total. The average Bonchev–Trinajstić information content (AvgIpc) is 2.47. The minimum absolute atomic E-state index is 0.696. The van der Waals surface area contributed by atoms with E-state index >= 15 is 0 Å². The molecule has 2 rings (SSSR count). The first-order valence-corrected chi connectivity index (χ1v) is 8.46. The smallest absolute Gasteiger partial charge is 0.124 e. The molecule has 0 radical (unpaired) electrons. The molecule has 0 aliphatic heterocycles. The molecule has 0 unspecified atom stereocenters. The Morgan fingerprint density at radius 1 is 1.24 bits per heavy atom. The van der Waals surface area contributed by atoms with E-state index in [1.807, 2.05) is 25.3 Å². The average molecular weight is 414 g/mol. The fourth-order valence-electron chi connectivity index (χ4n) is 1.89. The summed E-state index contributed by atoms with van der Waals surface area (Å²) < 4.78 is 7.72. The van der Waals surface area contributed by atoms with Crippen LogP contribution in [-0.4, -0.2) is 11.6 Å². The third-order valence-corrected chi connectivity index (χ3v) is 4.30. The van der Waals surface area contributed by atoms with Crippen LogP contribution in [0, 0.1) is 6.92 Å². The van der Waals surface area contributed by atoms with Crippen molar-refractivity contribution in [3.63, 3.8) is 0 Å². The Hall–Kier alpha value is -1.07. The van der Waals surface area contributed by atoms with Gasteiger partial charge in [0.1, 0.15) is 10.4 Å². The number of halogens is 2. The van der Waals surface area contributed by atoms with E-state index in [4.69, 9.17) is 4.74 Å². The van der Waals surface area contributed by atoms with Crippen molar-refractivity contribution < 1.29 is 4.74 Å². The normalized spacial score (nSPS) is 10.5. The van der Waals surface area contributed by atoms with Gasteiger partial charge in [-0.2, -0.15) is 0 Å². The fraction of sp³-hybridized carbons (Fsp3) is 0.312. The molecule has 21 heavy (non-hydrogen) atoms. The van der Waals surface area contributed by atoms with Crippen LogP contribution in [0.15, 0.2) is 39.5 Å². The van der Waals surface area contributed by atoms with E-state index in [0.717, 1.165) is 44.7 Å². The van der Waals surface area contributed by atoms with Crippen molar-refractivity contribution >= 4 is 37.5 Å². The number of benzene rings is 1. The Balaban J connectivity index is 2.10. The van der Waals surface area contributed by atoms with E-state index in [0.29, 0.717) is 6.54 Å². The van der Waals surface area contributed by atoms with E-state index in [2.05, 4.69) is 61.2 Å². The molecule has 0 bridgehead atoms. The number of pyridine rings is 1. The molecular weight excluding hydrogens is 396 g/mol. The van der Waals surface area contributed by atoms with Crippen molar-refractivity contribution in [1.82, 2.24) is 4.98 Å². The van der Waals surface area contributed by atoms with Gasteiger partial charge in [-0.15, -0.1) is 0 Å². The van der Waals surface area contributed by atoms with Gasteiger partial charge in [0, 0.05) is 16.6 Å². The lowest BCUT2D eigenvalue weighted by molar-refractivity contribution is 0.314. The molecule has 0 atom stereocenters. The second kappa shape index (κ2) is 7.80. The highest BCUT2D eigenvalue weighted by atomic mass is 79.9. The Morgan fingerprint density at radius 3 is 2.76 bits per heavy atom. The summed E-state index contributed by atoms with van der Waals surface area (Å²) >= 11 is 6.92. The van der Waals surface area contributed by atoms with Crippen molar-refractivity contribution in [2.45, 2.75) is 26.8 Å². The second-order valence-corrected chi connectivity index (χ2v) is 6.45.